The van der Waals surface area contributed by atoms with Gasteiger partial charge in [0.1, 0.15) is 19.3 Å². The number of carbonyl (C=O) groups is 4. The van der Waals surface area contributed by atoms with Crippen molar-refractivity contribution in [3.05, 3.63) is 97.2 Å². The van der Waals surface area contributed by atoms with Crippen LogP contribution in [0.1, 0.15) is 323 Å². The molecule has 566 valence electrons. The highest BCUT2D eigenvalue weighted by Crippen LogP contribution is 2.45. The van der Waals surface area contributed by atoms with Gasteiger partial charge >= 0.3 is 39.5 Å². The molecule has 98 heavy (non-hydrogen) atoms. The SMILES string of the molecule is CC/C=C\C/C=C\C/C=C\C/C=C\C/C=C\CCCC(=O)OCC(COP(=O)(O)OCC(O)COP(=O)(O)OCC(COC(=O)CCCCCCC/C=C\C/C=C\CCC)OC(=O)CCCCCCC/C=C\CCCCCC)OC(=O)CCCCCCCCCCCCCCCCC. The molecule has 0 aromatic carbocycles. The first-order valence-electron chi connectivity index (χ1n) is 38.5. The maximum absolute atomic E-state index is 13.1. The van der Waals surface area contributed by atoms with Gasteiger partial charge in [-0.2, -0.15) is 0 Å². The van der Waals surface area contributed by atoms with E-state index in [1.165, 1.54) is 89.9 Å². The molecule has 0 aliphatic rings. The molecule has 0 spiro atoms. The van der Waals surface area contributed by atoms with Crippen LogP contribution in [0.25, 0.3) is 0 Å². The lowest BCUT2D eigenvalue weighted by Crippen LogP contribution is -2.30. The number of hydrogen-bond donors (Lipinski definition) is 3. The molecule has 0 amide bonds. The first-order chi connectivity index (χ1) is 47.7. The summed E-state index contributed by atoms with van der Waals surface area (Å²) in [6, 6.07) is 0. The van der Waals surface area contributed by atoms with Crippen LogP contribution in [0.4, 0.5) is 0 Å². The summed E-state index contributed by atoms with van der Waals surface area (Å²) in [4.78, 5) is 72.8. The van der Waals surface area contributed by atoms with Crippen molar-refractivity contribution in [2.45, 2.75) is 341 Å². The quantitative estimate of drug-likeness (QED) is 0.0169. The van der Waals surface area contributed by atoms with E-state index in [1.807, 2.05) is 12.2 Å². The Morgan fingerprint density at radius 1 is 0.296 bits per heavy atom. The fourth-order valence-corrected chi connectivity index (χ4v) is 11.8. The van der Waals surface area contributed by atoms with Gasteiger partial charge in [0.05, 0.1) is 26.4 Å². The molecule has 0 aromatic heterocycles. The fourth-order valence-electron chi connectivity index (χ4n) is 10.2. The van der Waals surface area contributed by atoms with E-state index in [0.29, 0.717) is 32.1 Å². The van der Waals surface area contributed by atoms with Crippen LogP contribution in [-0.4, -0.2) is 96.7 Å². The van der Waals surface area contributed by atoms with Gasteiger partial charge in [0.15, 0.2) is 12.2 Å². The maximum Gasteiger partial charge on any atom is 0.472 e. The van der Waals surface area contributed by atoms with Crippen molar-refractivity contribution >= 4 is 39.5 Å². The van der Waals surface area contributed by atoms with E-state index in [9.17, 15) is 43.2 Å². The Labute approximate surface area is 595 Å². The van der Waals surface area contributed by atoms with Crippen LogP contribution in [-0.2, 0) is 65.4 Å². The largest absolute Gasteiger partial charge is 0.472 e. The molecule has 0 radical (unpaired) electrons. The molecule has 0 saturated heterocycles. The smallest absolute Gasteiger partial charge is 0.462 e. The monoisotopic (exact) mass is 1420 g/mol. The summed E-state index contributed by atoms with van der Waals surface area (Å²) < 4.78 is 68.4. The summed E-state index contributed by atoms with van der Waals surface area (Å²) in [5, 5.41) is 10.6. The molecule has 0 aliphatic carbocycles. The average Bonchev–Trinajstić information content (AvgIpc) is 1.05. The van der Waals surface area contributed by atoms with Crippen LogP contribution in [0.5, 0.6) is 0 Å². The second-order valence-corrected chi connectivity index (χ2v) is 28.5. The Kier molecular flexibility index (Phi) is 68.4. The average molecular weight is 1420 g/mol. The molecule has 0 bridgehead atoms. The van der Waals surface area contributed by atoms with E-state index >= 15 is 0 Å². The zero-order valence-corrected chi connectivity index (χ0v) is 63.5. The van der Waals surface area contributed by atoms with Crippen LogP contribution in [0.2, 0.25) is 0 Å². The number of aliphatic hydroxyl groups excluding tert-OH is 1. The summed E-state index contributed by atoms with van der Waals surface area (Å²) in [6.07, 6.45) is 74.0. The van der Waals surface area contributed by atoms with Crippen molar-refractivity contribution in [1.82, 2.24) is 0 Å². The van der Waals surface area contributed by atoms with E-state index in [2.05, 4.69) is 113 Å². The number of esters is 4. The summed E-state index contributed by atoms with van der Waals surface area (Å²) >= 11 is 0. The van der Waals surface area contributed by atoms with E-state index in [1.54, 1.807) is 0 Å². The van der Waals surface area contributed by atoms with Gasteiger partial charge < -0.3 is 33.8 Å². The second kappa shape index (κ2) is 71.4. The number of hydrogen-bond acceptors (Lipinski definition) is 15. The topological polar surface area (TPSA) is 237 Å². The zero-order valence-electron chi connectivity index (χ0n) is 61.7. The summed E-state index contributed by atoms with van der Waals surface area (Å²) in [5.74, 6) is -2.25. The molecule has 5 atom stereocenters. The lowest BCUT2D eigenvalue weighted by Gasteiger charge is -2.21. The van der Waals surface area contributed by atoms with Crippen molar-refractivity contribution in [2.24, 2.45) is 0 Å². The van der Waals surface area contributed by atoms with Gasteiger partial charge in [0, 0.05) is 25.7 Å². The molecule has 0 aliphatic heterocycles. The van der Waals surface area contributed by atoms with Crippen LogP contribution in [0, 0.1) is 0 Å². The van der Waals surface area contributed by atoms with Crippen LogP contribution >= 0.6 is 15.6 Å². The molecule has 5 unspecified atom stereocenters. The molecule has 0 heterocycles. The predicted octanol–water partition coefficient (Wildman–Crippen LogP) is 22.0. The highest BCUT2D eigenvalue weighted by atomic mass is 31.2. The summed E-state index contributed by atoms with van der Waals surface area (Å²) in [5.41, 5.74) is 0. The molecule has 0 fully saturated rings. The summed E-state index contributed by atoms with van der Waals surface area (Å²) in [7, 11) is -9.96. The van der Waals surface area contributed by atoms with Gasteiger partial charge in [-0.3, -0.25) is 37.3 Å². The highest BCUT2D eigenvalue weighted by Gasteiger charge is 2.30. The molecular weight excluding hydrogens is 1280 g/mol. The first-order valence-corrected chi connectivity index (χ1v) is 41.5. The van der Waals surface area contributed by atoms with E-state index in [-0.39, 0.29) is 25.7 Å². The minimum atomic E-state index is -4.98. The van der Waals surface area contributed by atoms with Crippen LogP contribution in [0.15, 0.2) is 97.2 Å². The normalized spacial score (nSPS) is 14.5. The minimum Gasteiger partial charge on any atom is -0.462 e. The first kappa shape index (κ1) is 94.0. The fraction of sp³-hybridized carbons (Fsp3) is 0.747. The molecule has 0 aromatic rings. The van der Waals surface area contributed by atoms with Gasteiger partial charge in [-0.05, 0) is 116 Å². The molecule has 19 heteroatoms. The summed E-state index contributed by atoms with van der Waals surface area (Å²) in [6.45, 7) is 4.62. The number of allylic oxidation sites excluding steroid dienone is 16. The third-order valence-electron chi connectivity index (χ3n) is 16.0. The molecule has 3 N–H and O–H groups in total. The number of phosphoric acid groups is 2. The Bertz CT molecular complexity index is 2240. The van der Waals surface area contributed by atoms with Crippen molar-refractivity contribution in [3.63, 3.8) is 0 Å². The van der Waals surface area contributed by atoms with E-state index in [4.69, 9.17) is 37.0 Å². The maximum atomic E-state index is 13.1. The number of ether oxygens (including phenoxy) is 4. The Balaban J connectivity index is 5.39. The van der Waals surface area contributed by atoms with Gasteiger partial charge in [-0.25, -0.2) is 9.13 Å². The number of carbonyl (C=O) groups excluding carboxylic acids is 4. The van der Waals surface area contributed by atoms with Gasteiger partial charge in [-0.1, -0.05) is 279 Å². The predicted molar refractivity (Wildman–Crippen MR) is 399 cm³/mol. The molecule has 17 nitrogen and oxygen atoms in total. The van der Waals surface area contributed by atoms with Crippen molar-refractivity contribution in [1.29, 1.82) is 0 Å². The number of rotatable bonds is 72. The molecule has 0 rings (SSSR count). The number of aliphatic hydroxyl groups is 1. The molecule has 0 saturated carbocycles. The van der Waals surface area contributed by atoms with Gasteiger partial charge in [0.2, 0.25) is 0 Å². The number of phosphoric ester groups is 2. The Hall–Kier alpha value is -4.02. The van der Waals surface area contributed by atoms with Crippen molar-refractivity contribution in [2.75, 3.05) is 39.6 Å². The van der Waals surface area contributed by atoms with Crippen molar-refractivity contribution < 1.29 is 80.2 Å². The van der Waals surface area contributed by atoms with Crippen LogP contribution < -0.4 is 0 Å². The van der Waals surface area contributed by atoms with Gasteiger partial charge in [0.25, 0.3) is 0 Å². The van der Waals surface area contributed by atoms with Crippen LogP contribution in [0.3, 0.4) is 0 Å². The van der Waals surface area contributed by atoms with Crippen molar-refractivity contribution in [3.8, 4) is 0 Å². The minimum absolute atomic E-state index is 0.0815. The Morgan fingerprint density at radius 2 is 0.561 bits per heavy atom. The lowest BCUT2D eigenvalue weighted by molar-refractivity contribution is -0.161. The molecular formula is C79H138O17P2. The lowest BCUT2D eigenvalue weighted by atomic mass is 10.0. The Morgan fingerprint density at radius 3 is 0.918 bits per heavy atom. The highest BCUT2D eigenvalue weighted by molar-refractivity contribution is 7.47. The van der Waals surface area contributed by atoms with Gasteiger partial charge in [-0.15, -0.1) is 0 Å². The third-order valence-corrected chi connectivity index (χ3v) is 17.9. The zero-order chi connectivity index (χ0) is 71.8. The second-order valence-electron chi connectivity index (χ2n) is 25.6. The van der Waals surface area contributed by atoms with E-state index < -0.39 is 97.5 Å². The van der Waals surface area contributed by atoms with E-state index in [0.717, 1.165) is 148 Å². The number of unbranched alkanes of at least 4 members (excludes halogenated alkanes) is 30. The third kappa shape index (κ3) is 70.4. The standard InChI is InChI=1S/C79H138O17P2/c1-5-9-13-17-21-25-29-33-35-36-38-41-44-48-52-56-60-64-77(82)90-70-75(96-79(84)66-62-58-54-50-46-42-37-34-30-26-22-18-14-10-6-2)72-94-98(87,88)92-68-73(80)67-91-97(85,86)93-71-74(95-78(83)65-61-57-53-49-45-40-32-28-24-20-16-12-8-4)69-89-76(81)63-59-55-51-47-43-39-31-27-23-19-15-11-7-3/h9,13,15,19,21,25,27-28,31-33,35,38,41,48,52,73-75,80H,5-8,10-12,14,16-18,20,22-24,26,29-30,34,36-37,39-40,42-47,49-51,53-72H2,1-4H3,(H,85,86)(H,87,88)/b13-9-,19-15-,25-21-,31-27-,32-28-,35-33-,41-38-,52-48-.